The molecule has 1 amide bonds. The van der Waals surface area contributed by atoms with E-state index in [1.54, 1.807) is 10.8 Å². The fraction of sp³-hybridized carbons (Fsp3) is 0.125. The molecule has 0 fully saturated rings. The minimum atomic E-state index is -0.528. The summed E-state index contributed by atoms with van der Waals surface area (Å²) in [5.41, 5.74) is 8.41. The Morgan fingerprint density at radius 2 is 2.10 bits per heavy atom. The number of hydrogen-bond donors (Lipinski definition) is 1. The summed E-state index contributed by atoms with van der Waals surface area (Å²) < 4.78 is 1.72. The fourth-order valence-corrected chi connectivity index (χ4v) is 2.00. The Morgan fingerprint density at radius 3 is 2.70 bits per heavy atom. The highest BCUT2D eigenvalue weighted by atomic mass is 16.1. The average molecular weight is 267 g/mol. The molecule has 20 heavy (non-hydrogen) atoms. The van der Waals surface area contributed by atoms with Crippen LogP contribution in [0.15, 0.2) is 54.6 Å². The highest BCUT2D eigenvalue weighted by Gasteiger charge is 2.15. The van der Waals surface area contributed by atoms with Crippen LogP contribution in [-0.4, -0.2) is 15.7 Å². The molecule has 0 unspecified atom stereocenters. The van der Waals surface area contributed by atoms with Crippen LogP contribution in [0.2, 0.25) is 0 Å². The van der Waals surface area contributed by atoms with Crippen molar-refractivity contribution in [1.29, 1.82) is 0 Å². The van der Waals surface area contributed by atoms with Gasteiger partial charge in [0.2, 0.25) is 0 Å². The number of aromatic nitrogens is 2. The SMILES string of the molecule is C=C/C(C)=C\C(=C/C)n1nc(C(N)=O)c2ccccc21. The molecule has 0 aliphatic carbocycles. The molecule has 0 saturated heterocycles. The van der Waals surface area contributed by atoms with Gasteiger partial charge in [0.1, 0.15) is 0 Å². The van der Waals surface area contributed by atoms with Gasteiger partial charge in [-0.15, -0.1) is 0 Å². The topological polar surface area (TPSA) is 60.9 Å². The summed E-state index contributed by atoms with van der Waals surface area (Å²) in [6.45, 7) is 7.61. The molecule has 1 aromatic heterocycles. The summed E-state index contributed by atoms with van der Waals surface area (Å²) in [4.78, 5) is 11.5. The normalized spacial score (nSPS) is 12.7. The lowest BCUT2D eigenvalue weighted by molar-refractivity contribution is 0.0996. The van der Waals surface area contributed by atoms with Crippen LogP contribution < -0.4 is 5.73 Å². The van der Waals surface area contributed by atoms with Crippen molar-refractivity contribution in [3.63, 3.8) is 0 Å². The average Bonchev–Trinajstić information content (AvgIpc) is 2.84. The van der Waals surface area contributed by atoms with Crippen molar-refractivity contribution in [2.45, 2.75) is 13.8 Å². The molecule has 0 aliphatic heterocycles. The third-order valence-corrected chi connectivity index (χ3v) is 3.06. The van der Waals surface area contributed by atoms with E-state index in [-0.39, 0.29) is 5.69 Å². The van der Waals surface area contributed by atoms with E-state index in [1.807, 2.05) is 50.3 Å². The number of primary amides is 1. The van der Waals surface area contributed by atoms with E-state index in [9.17, 15) is 4.79 Å². The van der Waals surface area contributed by atoms with Crippen LogP contribution in [-0.2, 0) is 0 Å². The van der Waals surface area contributed by atoms with Gasteiger partial charge in [-0.3, -0.25) is 4.79 Å². The molecule has 2 rings (SSSR count). The second kappa shape index (κ2) is 5.57. The summed E-state index contributed by atoms with van der Waals surface area (Å²) in [7, 11) is 0. The molecule has 4 heteroatoms. The molecule has 0 radical (unpaired) electrons. The maximum Gasteiger partial charge on any atom is 0.269 e. The molecular weight excluding hydrogens is 250 g/mol. The van der Waals surface area contributed by atoms with E-state index >= 15 is 0 Å². The number of para-hydroxylation sites is 1. The van der Waals surface area contributed by atoms with Crippen LogP contribution in [0.5, 0.6) is 0 Å². The number of nitrogens with two attached hydrogens (primary N) is 1. The zero-order chi connectivity index (χ0) is 14.7. The van der Waals surface area contributed by atoms with E-state index in [2.05, 4.69) is 11.7 Å². The molecule has 2 N–H and O–H groups in total. The van der Waals surface area contributed by atoms with Gasteiger partial charge in [-0.25, -0.2) is 4.68 Å². The summed E-state index contributed by atoms with van der Waals surface area (Å²) in [5.74, 6) is -0.528. The quantitative estimate of drug-likeness (QED) is 0.865. The molecule has 0 aliphatic rings. The van der Waals surface area contributed by atoms with Crippen LogP contribution in [0.3, 0.4) is 0 Å². The van der Waals surface area contributed by atoms with Crippen molar-refractivity contribution < 1.29 is 4.79 Å². The van der Waals surface area contributed by atoms with Gasteiger partial charge in [0.25, 0.3) is 5.91 Å². The zero-order valence-corrected chi connectivity index (χ0v) is 11.6. The van der Waals surface area contributed by atoms with Crippen molar-refractivity contribution in [2.24, 2.45) is 5.73 Å². The first-order valence-corrected chi connectivity index (χ1v) is 6.33. The standard InChI is InChI=1S/C16H17N3O/c1-4-11(3)10-12(5-2)19-14-9-7-6-8-13(14)15(18-19)16(17)20/h4-10H,1H2,2-3H3,(H2,17,20)/b11-10-,12-5+. The largest absolute Gasteiger partial charge is 0.364 e. The van der Waals surface area contributed by atoms with E-state index in [0.29, 0.717) is 0 Å². The van der Waals surface area contributed by atoms with Crippen molar-refractivity contribution in [3.05, 3.63) is 60.3 Å². The van der Waals surface area contributed by atoms with Crippen molar-refractivity contribution in [1.82, 2.24) is 9.78 Å². The van der Waals surface area contributed by atoms with E-state index in [0.717, 1.165) is 22.2 Å². The second-order valence-electron chi connectivity index (χ2n) is 4.45. The number of benzene rings is 1. The molecule has 102 valence electrons. The molecule has 0 bridgehead atoms. The van der Waals surface area contributed by atoms with Gasteiger partial charge in [-0.05, 0) is 31.6 Å². The van der Waals surface area contributed by atoms with Gasteiger partial charge in [0.15, 0.2) is 5.69 Å². The van der Waals surface area contributed by atoms with E-state index in [4.69, 9.17) is 5.73 Å². The van der Waals surface area contributed by atoms with Crippen molar-refractivity contribution in [2.75, 3.05) is 0 Å². The van der Waals surface area contributed by atoms with Gasteiger partial charge in [0, 0.05) is 5.39 Å². The Labute approximate surface area is 117 Å². The molecule has 4 nitrogen and oxygen atoms in total. The van der Waals surface area contributed by atoms with Gasteiger partial charge < -0.3 is 5.73 Å². The number of rotatable bonds is 4. The smallest absolute Gasteiger partial charge is 0.269 e. The summed E-state index contributed by atoms with van der Waals surface area (Å²) in [6, 6.07) is 7.52. The highest BCUT2D eigenvalue weighted by Crippen LogP contribution is 2.22. The Balaban J connectivity index is 2.71. The minimum absolute atomic E-state index is 0.282. The lowest BCUT2D eigenvalue weighted by Gasteiger charge is -2.04. The lowest BCUT2D eigenvalue weighted by atomic mass is 10.2. The molecule has 1 heterocycles. The first-order chi connectivity index (χ1) is 9.58. The van der Waals surface area contributed by atoms with Crippen LogP contribution in [0, 0.1) is 0 Å². The number of carbonyl (C=O) groups is 1. The molecule has 0 spiro atoms. The molecule has 2 aromatic rings. The van der Waals surface area contributed by atoms with Gasteiger partial charge in [0.05, 0.1) is 11.2 Å². The van der Waals surface area contributed by atoms with Gasteiger partial charge in [-0.1, -0.05) is 36.9 Å². The number of allylic oxidation sites excluding steroid dienone is 5. The van der Waals surface area contributed by atoms with E-state index in [1.165, 1.54) is 0 Å². The maximum atomic E-state index is 11.5. The number of hydrogen-bond acceptors (Lipinski definition) is 2. The van der Waals surface area contributed by atoms with E-state index < -0.39 is 5.91 Å². The predicted molar refractivity (Wildman–Crippen MR) is 82.2 cm³/mol. The molecule has 0 atom stereocenters. The molecular formula is C16H17N3O. The first-order valence-electron chi connectivity index (χ1n) is 6.33. The number of nitrogens with zero attached hydrogens (tertiary/aromatic N) is 2. The lowest BCUT2D eigenvalue weighted by Crippen LogP contribution is -2.12. The number of amides is 1. The Hall–Kier alpha value is -2.62. The van der Waals surface area contributed by atoms with Crippen molar-refractivity contribution >= 4 is 22.5 Å². The summed E-state index contributed by atoms with van der Waals surface area (Å²) in [6.07, 6.45) is 5.65. The summed E-state index contributed by atoms with van der Waals surface area (Å²) in [5, 5.41) is 5.10. The van der Waals surface area contributed by atoms with Crippen LogP contribution in [0.4, 0.5) is 0 Å². The molecule has 0 saturated carbocycles. The highest BCUT2D eigenvalue weighted by molar-refractivity contribution is 6.04. The van der Waals surface area contributed by atoms with Gasteiger partial charge in [-0.2, -0.15) is 5.10 Å². The van der Waals surface area contributed by atoms with Crippen LogP contribution >= 0.6 is 0 Å². The number of carbonyl (C=O) groups excluding carboxylic acids is 1. The maximum absolute atomic E-state index is 11.5. The van der Waals surface area contributed by atoms with Crippen LogP contribution in [0.25, 0.3) is 16.6 Å². The van der Waals surface area contributed by atoms with Crippen LogP contribution in [0.1, 0.15) is 24.3 Å². The third kappa shape index (κ3) is 2.40. The Kier molecular flexibility index (Phi) is 3.84. The molecule has 1 aromatic carbocycles. The Morgan fingerprint density at radius 1 is 1.40 bits per heavy atom. The predicted octanol–water partition coefficient (Wildman–Crippen LogP) is 3.13. The monoisotopic (exact) mass is 267 g/mol. The number of fused-ring (bicyclic) bond motifs is 1. The minimum Gasteiger partial charge on any atom is -0.364 e. The van der Waals surface area contributed by atoms with Crippen molar-refractivity contribution in [3.8, 4) is 0 Å². The van der Waals surface area contributed by atoms with Gasteiger partial charge >= 0.3 is 0 Å². The Bertz CT molecular complexity index is 735. The second-order valence-corrected chi connectivity index (χ2v) is 4.45. The third-order valence-electron chi connectivity index (χ3n) is 3.06. The zero-order valence-electron chi connectivity index (χ0n) is 11.6. The summed E-state index contributed by atoms with van der Waals surface area (Å²) >= 11 is 0. The first kappa shape index (κ1) is 13.8. The fourth-order valence-electron chi connectivity index (χ4n) is 2.00.